The lowest BCUT2D eigenvalue weighted by atomic mass is 10.0. The minimum Gasteiger partial charge on any atom is -0.444 e. The van der Waals surface area contributed by atoms with Crippen molar-refractivity contribution in [1.29, 1.82) is 0 Å². The van der Waals surface area contributed by atoms with Gasteiger partial charge in [0.15, 0.2) is 0 Å². The van der Waals surface area contributed by atoms with Crippen molar-refractivity contribution >= 4 is 6.09 Å². The molecule has 0 bridgehead atoms. The van der Waals surface area contributed by atoms with E-state index in [1.807, 2.05) is 20.8 Å². The van der Waals surface area contributed by atoms with Gasteiger partial charge in [-0.15, -0.1) is 0 Å². The monoisotopic (exact) mass is 336 g/mol. The Morgan fingerprint density at radius 1 is 1.38 bits per heavy atom. The van der Waals surface area contributed by atoms with Gasteiger partial charge in [0.1, 0.15) is 5.60 Å². The third kappa shape index (κ3) is 4.97. The van der Waals surface area contributed by atoms with Gasteiger partial charge in [0.05, 0.1) is 5.69 Å². The summed E-state index contributed by atoms with van der Waals surface area (Å²) in [7, 11) is 0. The Bertz CT molecular complexity index is 574. The molecule has 2 heterocycles. The summed E-state index contributed by atoms with van der Waals surface area (Å²) in [4.78, 5) is 14.4. The molecule has 0 saturated carbocycles. The summed E-state index contributed by atoms with van der Waals surface area (Å²) in [6.45, 7) is 15.7. The summed E-state index contributed by atoms with van der Waals surface area (Å²) in [6, 6.07) is 0.149. The number of aromatic nitrogens is 2. The van der Waals surface area contributed by atoms with Gasteiger partial charge in [-0.05, 0) is 60.9 Å². The smallest absolute Gasteiger partial charge is 0.407 e. The normalized spacial score (nSPS) is 19.3. The topological polar surface area (TPSA) is 59.4 Å². The second kappa shape index (κ2) is 7.55. The molecule has 1 aromatic rings. The van der Waals surface area contributed by atoms with Crippen molar-refractivity contribution in [1.82, 2.24) is 20.0 Å². The summed E-state index contributed by atoms with van der Waals surface area (Å²) in [6.07, 6.45) is 1.77. The molecule has 1 atom stereocenters. The standard InChI is InChI=1S/C18H32N4O2/c1-7-22-14(3)16(13(2)20-22)12-21-10-8-9-15(11-21)19-17(23)24-18(4,5)6/h15H,7-12H2,1-6H3,(H,19,23)/t15-/m1/s1. The molecule has 0 unspecified atom stereocenters. The van der Waals surface area contributed by atoms with Crippen molar-refractivity contribution in [3.05, 3.63) is 17.0 Å². The molecule has 136 valence electrons. The maximum Gasteiger partial charge on any atom is 0.407 e. The number of hydrogen-bond donors (Lipinski definition) is 1. The van der Waals surface area contributed by atoms with Crippen molar-refractivity contribution in [2.24, 2.45) is 0 Å². The first-order chi connectivity index (χ1) is 11.2. The van der Waals surface area contributed by atoms with Crippen LogP contribution < -0.4 is 5.32 Å². The summed E-state index contributed by atoms with van der Waals surface area (Å²) in [5.74, 6) is 0. The van der Waals surface area contributed by atoms with Crippen molar-refractivity contribution in [2.75, 3.05) is 13.1 Å². The fourth-order valence-corrected chi connectivity index (χ4v) is 3.29. The van der Waals surface area contributed by atoms with Gasteiger partial charge in [0, 0.05) is 36.9 Å². The Morgan fingerprint density at radius 3 is 2.67 bits per heavy atom. The number of rotatable bonds is 4. The number of likely N-dealkylation sites (tertiary alicyclic amines) is 1. The first-order valence-electron chi connectivity index (χ1n) is 8.94. The number of carbonyl (C=O) groups excluding carboxylic acids is 1. The van der Waals surface area contributed by atoms with Crippen LogP contribution in [0.25, 0.3) is 0 Å². The van der Waals surface area contributed by atoms with Crippen LogP contribution in [0.5, 0.6) is 0 Å². The van der Waals surface area contributed by atoms with Gasteiger partial charge < -0.3 is 10.1 Å². The van der Waals surface area contributed by atoms with Gasteiger partial charge >= 0.3 is 6.09 Å². The average molecular weight is 336 g/mol. The molecule has 6 heteroatoms. The molecule has 0 radical (unpaired) electrons. The predicted molar refractivity (Wildman–Crippen MR) is 95.0 cm³/mol. The van der Waals surface area contributed by atoms with E-state index in [0.29, 0.717) is 0 Å². The number of carbonyl (C=O) groups is 1. The maximum atomic E-state index is 12.0. The first-order valence-corrected chi connectivity index (χ1v) is 8.94. The van der Waals surface area contributed by atoms with Crippen LogP contribution in [0.4, 0.5) is 4.79 Å². The molecule has 1 saturated heterocycles. The summed E-state index contributed by atoms with van der Waals surface area (Å²) in [5, 5.41) is 7.62. The van der Waals surface area contributed by atoms with Crippen LogP contribution in [0.2, 0.25) is 0 Å². The number of nitrogens with zero attached hydrogens (tertiary/aromatic N) is 3. The van der Waals surface area contributed by atoms with E-state index in [1.165, 1.54) is 11.3 Å². The number of alkyl carbamates (subject to hydrolysis) is 1. The molecular formula is C18H32N4O2. The zero-order valence-corrected chi connectivity index (χ0v) is 16.0. The number of nitrogens with one attached hydrogen (secondary N) is 1. The highest BCUT2D eigenvalue weighted by atomic mass is 16.6. The number of ether oxygens (including phenoxy) is 1. The maximum absolute atomic E-state index is 12.0. The second-order valence-corrected chi connectivity index (χ2v) is 7.69. The number of hydrogen-bond acceptors (Lipinski definition) is 4. The Labute approximate surface area is 145 Å². The molecule has 24 heavy (non-hydrogen) atoms. The molecule has 0 aliphatic carbocycles. The van der Waals surface area contributed by atoms with E-state index < -0.39 is 5.60 Å². The van der Waals surface area contributed by atoms with E-state index in [-0.39, 0.29) is 12.1 Å². The van der Waals surface area contributed by atoms with E-state index in [4.69, 9.17) is 4.74 Å². The molecule has 0 aromatic carbocycles. The van der Waals surface area contributed by atoms with Crippen molar-refractivity contribution in [3.8, 4) is 0 Å². The molecule has 1 fully saturated rings. The van der Waals surface area contributed by atoms with Gasteiger partial charge in [-0.2, -0.15) is 5.10 Å². The van der Waals surface area contributed by atoms with Crippen LogP contribution in [0.15, 0.2) is 0 Å². The van der Waals surface area contributed by atoms with Gasteiger partial charge in [0.25, 0.3) is 0 Å². The number of piperidine rings is 1. The van der Waals surface area contributed by atoms with Crippen molar-refractivity contribution in [3.63, 3.8) is 0 Å². The Morgan fingerprint density at radius 2 is 2.08 bits per heavy atom. The highest BCUT2D eigenvalue weighted by Crippen LogP contribution is 2.19. The molecule has 6 nitrogen and oxygen atoms in total. The molecule has 0 spiro atoms. The van der Waals surface area contributed by atoms with Crippen LogP contribution >= 0.6 is 0 Å². The lowest BCUT2D eigenvalue weighted by molar-refractivity contribution is 0.0470. The Kier molecular flexibility index (Phi) is 5.91. The molecule has 1 aliphatic rings. The predicted octanol–water partition coefficient (Wildman–Crippen LogP) is 3.01. The van der Waals surface area contributed by atoms with Crippen LogP contribution in [0.3, 0.4) is 0 Å². The van der Waals surface area contributed by atoms with E-state index in [9.17, 15) is 4.79 Å². The Hall–Kier alpha value is -1.56. The van der Waals surface area contributed by atoms with Crippen LogP contribution in [0.1, 0.15) is 57.5 Å². The average Bonchev–Trinajstić information content (AvgIpc) is 2.73. The van der Waals surface area contributed by atoms with Crippen LogP contribution in [-0.2, 0) is 17.8 Å². The molecule has 1 amide bonds. The van der Waals surface area contributed by atoms with E-state index in [2.05, 4.69) is 40.8 Å². The third-order valence-corrected chi connectivity index (χ3v) is 4.44. The van der Waals surface area contributed by atoms with Crippen LogP contribution in [0, 0.1) is 13.8 Å². The van der Waals surface area contributed by atoms with Crippen molar-refractivity contribution in [2.45, 2.75) is 79.1 Å². The third-order valence-electron chi connectivity index (χ3n) is 4.44. The summed E-state index contributed by atoms with van der Waals surface area (Å²) in [5.41, 5.74) is 3.21. The SMILES string of the molecule is CCn1nc(C)c(CN2CCC[C@@H](NC(=O)OC(C)(C)C)C2)c1C. The first kappa shape index (κ1) is 18.8. The van der Waals surface area contributed by atoms with E-state index in [0.717, 1.165) is 44.7 Å². The number of amides is 1. The summed E-state index contributed by atoms with van der Waals surface area (Å²) >= 11 is 0. The van der Waals surface area contributed by atoms with E-state index in [1.54, 1.807) is 0 Å². The van der Waals surface area contributed by atoms with E-state index >= 15 is 0 Å². The van der Waals surface area contributed by atoms with Gasteiger partial charge in [-0.1, -0.05) is 0 Å². The number of aryl methyl sites for hydroxylation is 2. The molecule has 1 N–H and O–H groups in total. The zero-order valence-electron chi connectivity index (χ0n) is 16.0. The highest BCUT2D eigenvalue weighted by molar-refractivity contribution is 5.68. The fourth-order valence-electron chi connectivity index (χ4n) is 3.29. The Balaban J connectivity index is 1.94. The van der Waals surface area contributed by atoms with Gasteiger partial charge in [-0.3, -0.25) is 9.58 Å². The minimum atomic E-state index is -0.457. The molecule has 1 aromatic heterocycles. The second-order valence-electron chi connectivity index (χ2n) is 7.69. The summed E-state index contributed by atoms with van der Waals surface area (Å²) < 4.78 is 7.43. The largest absolute Gasteiger partial charge is 0.444 e. The lowest BCUT2D eigenvalue weighted by Gasteiger charge is -2.33. The molecule has 1 aliphatic heterocycles. The molecular weight excluding hydrogens is 304 g/mol. The van der Waals surface area contributed by atoms with Gasteiger partial charge in [0.2, 0.25) is 0 Å². The van der Waals surface area contributed by atoms with Crippen molar-refractivity contribution < 1.29 is 9.53 Å². The van der Waals surface area contributed by atoms with Gasteiger partial charge in [-0.25, -0.2) is 4.79 Å². The quantitative estimate of drug-likeness (QED) is 0.918. The highest BCUT2D eigenvalue weighted by Gasteiger charge is 2.25. The van der Waals surface area contributed by atoms with Crippen LogP contribution in [-0.4, -0.2) is 45.5 Å². The fraction of sp³-hybridized carbons (Fsp3) is 0.778. The zero-order chi connectivity index (χ0) is 17.9. The molecule has 2 rings (SSSR count). The minimum absolute atomic E-state index is 0.149. The lowest BCUT2D eigenvalue weighted by Crippen LogP contribution is -2.48.